The maximum Gasteiger partial charge on any atom is 0.355 e. The van der Waals surface area contributed by atoms with E-state index in [0.717, 1.165) is 10.6 Å². The van der Waals surface area contributed by atoms with E-state index in [1.807, 2.05) is 31.9 Å². The molecule has 8 aromatic rings. The number of thiazole rings is 1. The van der Waals surface area contributed by atoms with Gasteiger partial charge in [0.1, 0.15) is 47.2 Å². The minimum Gasteiger partial charge on any atom is -0.507 e. The smallest absolute Gasteiger partial charge is 0.355 e. The number of aliphatic hydroxyl groups is 1. The number of ether oxygens (including phenoxy) is 1. The normalized spacial score (nSPS) is 20.3. The second-order valence-electron chi connectivity index (χ2n) is 20.6. The van der Waals surface area contributed by atoms with E-state index >= 15 is 26.3 Å². The van der Waals surface area contributed by atoms with Gasteiger partial charge in [0.25, 0.3) is 5.92 Å². The van der Waals surface area contributed by atoms with E-state index in [2.05, 4.69) is 35.2 Å². The molecular weight excluding hydrogens is 1060 g/mol. The van der Waals surface area contributed by atoms with Crippen molar-refractivity contribution in [3.05, 3.63) is 105 Å². The monoisotopic (exact) mass is 1110 g/mol. The second-order valence-corrected chi connectivity index (χ2v) is 22.1. The molecule has 3 aliphatic heterocycles. The number of phenols is 1. The van der Waals surface area contributed by atoms with Gasteiger partial charge in [-0.2, -0.15) is 15.0 Å². The minimum absolute atomic E-state index is 0.00109. The molecule has 3 saturated heterocycles. The molecule has 3 fully saturated rings. The van der Waals surface area contributed by atoms with Crippen molar-refractivity contribution in [2.45, 2.75) is 76.1 Å². The lowest BCUT2D eigenvalue weighted by Gasteiger charge is -2.26. The van der Waals surface area contributed by atoms with Crippen molar-refractivity contribution in [3.8, 4) is 39.8 Å². The van der Waals surface area contributed by atoms with Gasteiger partial charge in [0, 0.05) is 54.9 Å². The number of rotatable bonds is 10. The molecule has 0 saturated carbocycles. The van der Waals surface area contributed by atoms with Crippen LogP contribution in [0.4, 0.5) is 43.1 Å². The summed E-state index contributed by atoms with van der Waals surface area (Å²) in [6, 6.07) is 11.3. The number of para-hydroxylation sites is 1. The lowest BCUT2D eigenvalue weighted by molar-refractivity contribution is 0.0156. The average molecular weight is 1120 g/mol. The number of nitrogen functional groups attached to an aromatic ring is 1. The fourth-order valence-electron chi connectivity index (χ4n) is 11.0. The van der Waals surface area contributed by atoms with Gasteiger partial charge in [-0.05, 0) is 92.6 Å². The summed E-state index contributed by atoms with van der Waals surface area (Å²) in [5, 5.41) is 25.2. The molecule has 0 aliphatic carbocycles. The first-order valence-corrected chi connectivity index (χ1v) is 26.6. The number of likely N-dealkylation sites (N-methyl/N-ethyl adjacent to an activating group) is 1. The third kappa shape index (κ3) is 9.76. The Labute approximate surface area is 451 Å². The number of aryl methyl sites for hydroxylation is 1. The molecule has 8 heterocycles. The summed E-state index contributed by atoms with van der Waals surface area (Å²) in [4.78, 5) is 46.0. The van der Waals surface area contributed by atoms with Crippen LogP contribution in [0.15, 0.2) is 59.5 Å². The van der Waals surface area contributed by atoms with Gasteiger partial charge >= 0.3 is 11.7 Å². The Bertz CT molecular complexity index is 3720. The second kappa shape index (κ2) is 20.7. The van der Waals surface area contributed by atoms with Gasteiger partial charge in [-0.3, -0.25) is 9.88 Å². The van der Waals surface area contributed by atoms with E-state index in [9.17, 15) is 15.0 Å². The molecule has 0 bridgehead atoms. The molecule has 408 valence electrons. The molecule has 11 rings (SSSR count). The number of aliphatic hydroxyl groups excluding tert-OH is 1. The van der Waals surface area contributed by atoms with Crippen LogP contribution in [-0.2, 0) is 0 Å². The van der Waals surface area contributed by atoms with Crippen LogP contribution in [0.3, 0.4) is 0 Å². The number of aromatic nitrogens is 7. The summed E-state index contributed by atoms with van der Waals surface area (Å²) < 4.78 is 104. The predicted molar refractivity (Wildman–Crippen MR) is 288 cm³/mol. The fourth-order valence-corrected chi connectivity index (χ4v) is 12.1. The molecule has 4 atom stereocenters. The number of nitrogens with two attached hydrogens (primary N) is 1. The lowest BCUT2D eigenvalue weighted by Crippen LogP contribution is -2.40. The molecule has 5 N–H and O–H groups in total. The van der Waals surface area contributed by atoms with Crippen LogP contribution in [-0.4, -0.2) is 133 Å². The summed E-state index contributed by atoms with van der Waals surface area (Å²) in [6.45, 7) is 4.47. The number of nitrogens with zero attached hydrogens (tertiary/aromatic N) is 10. The summed E-state index contributed by atoms with van der Waals surface area (Å²) >= 11 is 8.11. The third-order valence-electron chi connectivity index (χ3n) is 14.9. The van der Waals surface area contributed by atoms with Crippen molar-refractivity contribution in [1.82, 2.24) is 44.7 Å². The number of phenolic OH excluding ortho intramolecular Hbond substituents is 1. The van der Waals surface area contributed by atoms with Crippen LogP contribution in [0.25, 0.3) is 60.2 Å². The Balaban J connectivity index is 0.923. The molecule has 0 radical (unpaired) electrons. The first kappa shape index (κ1) is 53.1. The molecule has 3 aliphatic rings. The topological polar surface area (TPSA) is 197 Å². The van der Waals surface area contributed by atoms with E-state index in [1.165, 1.54) is 34.4 Å². The number of alkyl halides is 3. The van der Waals surface area contributed by atoms with Crippen LogP contribution in [0, 0.1) is 24.4 Å². The van der Waals surface area contributed by atoms with Crippen molar-refractivity contribution in [2.24, 2.45) is 0 Å². The van der Waals surface area contributed by atoms with E-state index in [-0.39, 0.29) is 112 Å². The predicted octanol–water partition coefficient (Wildman–Crippen LogP) is 9.06. The van der Waals surface area contributed by atoms with Gasteiger partial charge < -0.3 is 35.8 Å². The molecule has 3 unspecified atom stereocenters. The molecular formula is C54H53ClF6N12O4S. The Morgan fingerprint density at radius 2 is 1.76 bits per heavy atom. The zero-order valence-electron chi connectivity index (χ0n) is 42.7. The number of aromatic hydroxyl groups is 1. The van der Waals surface area contributed by atoms with Gasteiger partial charge in [-0.25, -0.2) is 45.7 Å². The Morgan fingerprint density at radius 3 is 2.54 bits per heavy atom. The third-order valence-corrected chi connectivity index (χ3v) is 16.0. The molecule has 16 nitrogen and oxygen atoms in total. The molecule has 3 aromatic carbocycles. The highest BCUT2D eigenvalue weighted by molar-refractivity contribution is 7.22. The Kier molecular flexibility index (Phi) is 14.1. The minimum atomic E-state index is -3.23. The van der Waals surface area contributed by atoms with Gasteiger partial charge in [-0.1, -0.05) is 48.9 Å². The van der Waals surface area contributed by atoms with E-state index < -0.39 is 77.4 Å². The number of fused-ring (bicyclic) bond motifs is 3. The quantitative estimate of drug-likeness (QED) is 0.0946. The molecule has 0 spiro atoms. The number of hydrogen-bond donors (Lipinski definition) is 4. The van der Waals surface area contributed by atoms with Crippen molar-refractivity contribution in [3.63, 3.8) is 0 Å². The first-order chi connectivity index (χ1) is 37.2. The van der Waals surface area contributed by atoms with Gasteiger partial charge in [-0.15, -0.1) is 0 Å². The van der Waals surface area contributed by atoms with Crippen LogP contribution in [0.2, 0.25) is 5.02 Å². The average Bonchev–Trinajstić information content (AvgIpc) is 3.95. The number of hydrogen-bond acceptors (Lipinski definition) is 16. The zero-order chi connectivity index (χ0) is 55.1. The van der Waals surface area contributed by atoms with Crippen LogP contribution >= 0.6 is 22.9 Å². The number of likely N-dealkylation sites (tertiary alicyclic amines) is 1. The first-order valence-electron chi connectivity index (χ1n) is 25.5. The highest BCUT2D eigenvalue weighted by Crippen LogP contribution is 2.44. The number of benzene rings is 3. The van der Waals surface area contributed by atoms with Gasteiger partial charge in [0.15, 0.2) is 22.4 Å². The Hall–Kier alpha value is -6.92. The van der Waals surface area contributed by atoms with Gasteiger partial charge in [0.05, 0.1) is 63.3 Å². The van der Waals surface area contributed by atoms with E-state index in [1.54, 1.807) is 36.2 Å². The lowest BCUT2D eigenvalue weighted by atomic mass is 9.94. The van der Waals surface area contributed by atoms with Crippen molar-refractivity contribution in [2.75, 3.05) is 75.0 Å². The summed E-state index contributed by atoms with van der Waals surface area (Å²) in [5.74, 6) is -7.53. The molecule has 24 heteroatoms. The van der Waals surface area contributed by atoms with Crippen molar-refractivity contribution < 1.29 is 41.3 Å². The van der Waals surface area contributed by atoms with E-state index in [4.69, 9.17) is 22.1 Å². The number of pyridine rings is 2. The SMILES string of the molecule is Cc1ccnc(C(C)C)c1-n1c(=O)nc(N2CCNCC(F)(F)C2)c2cc(F)c(-c3c(O)cc(C4C[C@@H](COc5nc(N6CCCC(O)C(F)C6)c6cc(Cl)c(-c7cccc8sc(N)nc78)c(F)c6n5)N(C)C4)cc3F)nc21. The largest absolute Gasteiger partial charge is 0.507 e. The van der Waals surface area contributed by atoms with Crippen LogP contribution in [0.1, 0.15) is 61.8 Å². The highest BCUT2D eigenvalue weighted by Gasteiger charge is 2.37. The maximum absolute atomic E-state index is 17.2. The van der Waals surface area contributed by atoms with Gasteiger partial charge in [0.2, 0.25) is 0 Å². The summed E-state index contributed by atoms with van der Waals surface area (Å²) in [7, 11) is 1.82. The standard InChI is InChI=1S/C54H53ClF6N12O4S/c1-25(2)43-47(26(3)10-11-64-43)73-50-32(49(69-53(73)76)72-14-12-63-23-54(60,61)24-72)19-35(57)46(65-50)41-34(56)16-27(17-38(41)75)28-15-29(70(4)20-28)22-77-52-67-45-31(48(68-52)71-13-6-8-37(74)36(58)21-71)18-33(55)40(42(45)59)30-7-5-9-39-44(30)66-51(62)78-39/h5,7,9-11,16-19,25,28-29,36-37,63,74-75H,6,8,12-15,20-24H2,1-4H3,(H2,62,66)/t28?,29-,36?,37?/m0/s1. The molecule has 5 aromatic heterocycles. The number of halogens is 7. The van der Waals surface area contributed by atoms with Crippen molar-refractivity contribution >= 4 is 71.9 Å². The zero-order valence-corrected chi connectivity index (χ0v) is 44.2. The molecule has 78 heavy (non-hydrogen) atoms. The van der Waals surface area contributed by atoms with E-state index in [0.29, 0.717) is 52.0 Å². The fraction of sp³-hybridized carbons (Fsp3) is 0.389. The maximum atomic E-state index is 17.2. The highest BCUT2D eigenvalue weighted by atomic mass is 35.5. The molecule has 0 amide bonds. The Morgan fingerprint density at radius 1 is 0.962 bits per heavy atom. The van der Waals surface area contributed by atoms with Crippen LogP contribution in [0.5, 0.6) is 11.8 Å². The number of nitrogens with one attached hydrogen (secondary N) is 1. The summed E-state index contributed by atoms with van der Waals surface area (Å²) in [5.41, 5.74) is 6.09. The van der Waals surface area contributed by atoms with Crippen molar-refractivity contribution in [1.29, 1.82) is 0 Å². The van der Waals surface area contributed by atoms with Crippen LogP contribution < -0.4 is 31.3 Å². The summed E-state index contributed by atoms with van der Waals surface area (Å²) in [6.07, 6.45) is -0.278. The number of anilines is 3.